The number of aromatic amines is 1. The molecule has 0 atom stereocenters. The normalized spacial score (nSPS) is 11.2. The molecule has 0 aliphatic heterocycles. The minimum absolute atomic E-state index is 0.101. The molecule has 2 aromatic heterocycles. The number of fused-ring (bicyclic) bond motifs is 2. The summed E-state index contributed by atoms with van der Waals surface area (Å²) in [6.45, 7) is 2.66. The molecule has 2 N–H and O–H groups in total. The van der Waals surface area contributed by atoms with Crippen molar-refractivity contribution in [3.8, 4) is 0 Å². The Morgan fingerprint density at radius 2 is 2.04 bits per heavy atom. The van der Waals surface area contributed by atoms with Crippen molar-refractivity contribution in [3.63, 3.8) is 0 Å². The number of nitrogens with one attached hydrogen (secondary N) is 2. The van der Waals surface area contributed by atoms with E-state index in [2.05, 4.69) is 35.4 Å². The molecule has 2 heterocycles. The number of benzene rings is 2. The van der Waals surface area contributed by atoms with Gasteiger partial charge in [-0.25, -0.2) is 0 Å². The maximum Gasteiger partial charge on any atom is 0.255 e. The first-order chi connectivity index (χ1) is 11.7. The minimum atomic E-state index is -0.101. The molecule has 0 aliphatic carbocycles. The van der Waals surface area contributed by atoms with Gasteiger partial charge in [0.1, 0.15) is 11.8 Å². The van der Waals surface area contributed by atoms with Gasteiger partial charge in [0.25, 0.3) is 5.91 Å². The Labute approximate surface area is 139 Å². The molecule has 0 bridgehead atoms. The van der Waals surface area contributed by atoms with Crippen LogP contribution < -0.4 is 5.32 Å². The van der Waals surface area contributed by atoms with Crippen molar-refractivity contribution >= 4 is 27.8 Å². The number of aromatic nitrogens is 1. The fraction of sp³-hybridized carbons (Fsp3) is 0.150. The highest BCUT2D eigenvalue weighted by molar-refractivity contribution is 6.05. The van der Waals surface area contributed by atoms with Crippen LogP contribution in [0.5, 0.6) is 0 Å². The number of hydrogen-bond donors (Lipinski definition) is 2. The number of carbonyl (C=O) groups excluding carboxylic acids is 1. The molecule has 4 aromatic rings. The van der Waals surface area contributed by atoms with Crippen LogP contribution in [-0.4, -0.2) is 17.4 Å². The molecule has 0 fully saturated rings. The van der Waals surface area contributed by atoms with E-state index in [0.717, 1.165) is 22.9 Å². The summed E-state index contributed by atoms with van der Waals surface area (Å²) in [7, 11) is 0. The third kappa shape index (κ3) is 2.56. The number of furan rings is 1. The lowest BCUT2D eigenvalue weighted by molar-refractivity contribution is 0.0955. The Balaban J connectivity index is 1.46. The number of hydrogen-bond acceptors (Lipinski definition) is 2. The van der Waals surface area contributed by atoms with E-state index in [4.69, 9.17) is 4.42 Å². The lowest BCUT2D eigenvalue weighted by Gasteiger charge is -2.04. The van der Waals surface area contributed by atoms with Gasteiger partial charge in [0.05, 0.1) is 5.56 Å². The summed E-state index contributed by atoms with van der Waals surface area (Å²) in [4.78, 5) is 15.7. The van der Waals surface area contributed by atoms with Gasteiger partial charge in [0.15, 0.2) is 0 Å². The van der Waals surface area contributed by atoms with Crippen LogP contribution in [0, 0.1) is 6.92 Å². The first kappa shape index (κ1) is 14.6. The van der Waals surface area contributed by atoms with Gasteiger partial charge < -0.3 is 14.7 Å². The Morgan fingerprint density at radius 1 is 1.17 bits per heavy atom. The second-order valence-electron chi connectivity index (χ2n) is 6.01. The summed E-state index contributed by atoms with van der Waals surface area (Å²) in [5.41, 5.74) is 4.89. The van der Waals surface area contributed by atoms with Gasteiger partial charge in [-0.2, -0.15) is 0 Å². The van der Waals surface area contributed by atoms with Crippen LogP contribution in [0.4, 0.5) is 0 Å². The van der Waals surface area contributed by atoms with Crippen molar-refractivity contribution in [2.24, 2.45) is 0 Å². The molecule has 2 aromatic carbocycles. The molecule has 4 heteroatoms. The van der Waals surface area contributed by atoms with Crippen molar-refractivity contribution in [1.82, 2.24) is 10.3 Å². The van der Waals surface area contributed by atoms with Gasteiger partial charge in [-0.05, 0) is 36.6 Å². The molecule has 0 radical (unpaired) electrons. The van der Waals surface area contributed by atoms with E-state index in [1.54, 1.807) is 0 Å². The number of para-hydroxylation sites is 1. The SMILES string of the molecule is Cc1ccc2c(CCNC(=O)c3coc4ccccc34)c[nH]c2c1. The fourth-order valence-electron chi connectivity index (χ4n) is 3.07. The lowest BCUT2D eigenvalue weighted by atomic mass is 10.1. The predicted molar refractivity (Wildman–Crippen MR) is 95.3 cm³/mol. The van der Waals surface area contributed by atoms with Crippen molar-refractivity contribution in [3.05, 3.63) is 71.6 Å². The molecule has 4 nitrogen and oxygen atoms in total. The maximum atomic E-state index is 12.4. The third-order valence-corrected chi connectivity index (χ3v) is 4.33. The van der Waals surface area contributed by atoms with E-state index in [0.29, 0.717) is 12.1 Å². The lowest BCUT2D eigenvalue weighted by Crippen LogP contribution is -2.25. The zero-order chi connectivity index (χ0) is 16.5. The molecule has 0 saturated heterocycles. The average Bonchev–Trinajstić information content (AvgIpc) is 3.18. The second kappa shape index (κ2) is 5.89. The topological polar surface area (TPSA) is 58.0 Å². The number of aryl methyl sites for hydroxylation is 1. The van der Waals surface area contributed by atoms with Gasteiger partial charge in [-0.3, -0.25) is 4.79 Å². The molecule has 4 rings (SSSR count). The quantitative estimate of drug-likeness (QED) is 0.592. The number of carbonyl (C=O) groups is 1. The zero-order valence-electron chi connectivity index (χ0n) is 13.4. The summed E-state index contributed by atoms with van der Waals surface area (Å²) in [6.07, 6.45) is 4.32. The van der Waals surface area contributed by atoms with Crippen molar-refractivity contribution in [2.45, 2.75) is 13.3 Å². The molecule has 0 unspecified atom stereocenters. The second-order valence-corrected chi connectivity index (χ2v) is 6.01. The largest absolute Gasteiger partial charge is 0.463 e. The predicted octanol–water partition coefficient (Wildman–Crippen LogP) is 4.20. The van der Waals surface area contributed by atoms with Crippen LogP contribution >= 0.6 is 0 Å². The molecule has 0 aliphatic rings. The van der Waals surface area contributed by atoms with Crippen LogP contribution in [-0.2, 0) is 6.42 Å². The van der Waals surface area contributed by atoms with E-state index in [9.17, 15) is 4.79 Å². The Bertz CT molecular complexity index is 1030. The van der Waals surface area contributed by atoms with E-state index in [1.807, 2.05) is 30.5 Å². The van der Waals surface area contributed by atoms with Gasteiger partial charge in [0, 0.05) is 29.0 Å². The Morgan fingerprint density at radius 3 is 2.96 bits per heavy atom. The maximum absolute atomic E-state index is 12.4. The van der Waals surface area contributed by atoms with Crippen molar-refractivity contribution in [2.75, 3.05) is 6.54 Å². The highest BCUT2D eigenvalue weighted by Crippen LogP contribution is 2.21. The van der Waals surface area contributed by atoms with Crippen LogP contribution in [0.1, 0.15) is 21.5 Å². The molecule has 24 heavy (non-hydrogen) atoms. The Hall–Kier alpha value is -3.01. The fourth-order valence-corrected chi connectivity index (χ4v) is 3.07. The summed E-state index contributed by atoms with van der Waals surface area (Å²) >= 11 is 0. The van der Waals surface area contributed by atoms with Crippen LogP contribution in [0.25, 0.3) is 21.9 Å². The summed E-state index contributed by atoms with van der Waals surface area (Å²) < 4.78 is 5.43. The third-order valence-electron chi connectivity index (χ3n) is 4.33. The molecular weight excluding hydrogens is 300 g/mol. The first-order valence-corrected chi connectivity index (χ1v) is 8.03. The average molecular weight is 318 g/mol. The molecule has 120 valence electrons. The van der Waals surface area contributed by atoms with Crippen molar-refractivity contribution < 1.29 is 9.21 Å². The Kier molecular flexibility index (Phi) is 3.58. The molecule has 1 amide bonds. The highest BCUT2D eigenvalue weighted by Gasteiger charge is 2.13. The highest BCUT2D eigenvalue weighted by atomic mass is 16.3. The summed E-state index contributed by atoms with van der Waals surface area (Å²) in [5.74, 6) is -0.101. The van der Waals surface area contributed by atoms with Gasteiger partial charge in [0.2, 0.25) is 0 Å². The zero-order valence-corrected chi connectivity index (χ0v) is 13.4. The number of amides is 1. The van der Waals surface area contributed by atoms with Crippen LogP contribution in [0.15, 0.2) is 59.3 Å². The summed E-state index contributed by atoms with van der Waals surface area (Å²) in [5, 5.41) is 5.04. The minimum Gasteiger partial charge on any atom is -0.463 e. The molecular formula is C20H18N2O2. The standard InChI is InChI=1S/C20H18N2O2/c1-13-6-7-15-14(11-22-18(15)10-13)8-9-21-20(23)17-12-24-19-5-3-2-4-16(17)19/h2-7,10-12,22H,8-9H2,1H3,(H,21,23). The monoisotopic (exact) mass is 318 g/mol. The van der Waals surface area contributed by atoms with Gasteiger partial charge in [-0.15, -0.1) is 0 Å². The van der Waals surface area contributed by atoms with E-state index < -0.39 is 0 Å². The molecule has 0 spiro atoms. The summed E-state index contributed by atoms with van der Waals surface area (Å²) in [6, 6.07) is 13.9. The first-order valence-electron chi connectivity index (χ1n) is 8.03. The van der Waals surface area contributed by atoms with Crippen LogP contribution in [0.3, 0.4) is 0 Å². The van der Waals surface area contributed by atoms with Gasteiger partial charge >= 0.3 is 0 Å². The van der Waals surface area contributed by atoms with Gasteiger partial charge in [-0.1, -0.05) is 30.3 Å². The molecule has 0 saturated carbocycles. The van der Waals surface area contributed by atoms with E-state index >= 15 is 0 Å². The van der Waals surface area contributed by atoms with Crippen molar-refractivity contribution in [1.29, 1.82) is 0 Å². The number of H-pyrrole nitrogens is 1. The van der Waals surface area contributed by atoms with E-state index in [-0.39, 0.29) is 5.91 Å². The number of rotatable bonds is 4. The van der Waals surface area contributed by atoms with E-state index in [1.165, 1.54) is 22.8 Å². The van der Waals surface area contributed by atoms with Crippen LogP contribution in [0.2, 0.25) is 0 Å². The smallest absolute Gasteiger partial charge is 0.255 e.